The van der Waals surface area contributed by atoms with Gasteiger partial charge in [0.1, 0.15) is 17.1 Å². The van der Waals surface area contributed by atoms with E-state index in [1.165, 1.54) is 63.9 Å². The lowest BCUT2D eigenvalue weighted by molar-refractivity contribution is -0.132. The fourth-order valence-electron chi connectivity index (χ4n) is 5.56. The van der Waals surface area contributed by atoms with Gasteiger partial charge in [-0.25, -0.2) is 0 Å². The fraction of sp³-hybridized carbons (Fsp3) is 0.774. The summed E-state index contributed by atoms with van der Waals surface area (Å²) in [6.45, 7) is 19.5. The number of fused-ring (bicyclic) bond motifs is 1. The van der Waals surface area contributed by atoms with Crippen molar-refractivity contribution in [3.8, 4) is 11.5 Å². The average Bonchev–Trinajstić information content (AvgIpc) is 2.74. The van der Waals surface area contributed by atoms with Crippen molar-refractivity contribution in [1.29, 1.82) is 0 Å². The highest BCUT2D eigenvalue weighted by Crippen LogP contribution is 2.45. The molecule has 0 N–H and O–H groups in total. The van der Waals surface area contributed by atoms with Gasteiger partial charge in [0, 0.05) is 12.5 Å². The third-order valence-corrected chi connectivity index (χ3v) is 8.08. The predicted octanol–water partition coefficient (Wildman–Crippen LogP) is 9.06. The molecule has 0 radical (unpaired) electrons. The van der Waals surface area contributed by atoms with Gasteiger partial charge in [0.25, 0.3) is 0 Å². The molecule has 1 aliphatic heterocycles. The minimum Gasteiger partial charge on any atom is -0.487 e. The molecule has 0 saturated carbocycles. The third kappa shape index (κ3) is 8.31. The van der Waals surface area contributed by atoms with Crippen LogP contribution in [0.4, 0.5) is 0 Å². The highest BCUT2D eigenvalue weighted by atomic mass is 16.5. The molecule has 194 valence electrons. The second-order valence-corrected chi connectivity index (χ2v) is 12.0. The number of esters is 1. The van der Waals surface area contributed by atoms with E-state index in [0.29, 0.717) is 0 Å². The summed E-state index contributed by atoms with van der Waals surface area (Å²) in [5.74, 6) is 3.99. The van der Waals surface area contributed by atoms with Crippen molar-refractivity contribution in [1.82, 2.24) is 0 Å². The van der Waals surface area contributed by atoms with Gasteiger partial charge in [-0.15, -0.1) is 0 Å². The Morgan fingerprint density at radius 2 is 1.44 bits per heavy atom. The molecule has 1 aromatic carbocycles. The van der Waals surface area contributed by atoms with E-state index in [4.69, 9.17) is 9.47 Å². The van der Waals surface area contributed by atoms with E-state index in [2.05, 4.69) is 48.5 Å². The standard InChI is InChI=1S/C31H52O3/c1-21(2)13-10-14-22(3)15-11-16-23(4)17-12-19-31(9)20-18-28-26(7)29(33-27(8)32)24(5)25(6)30(28)34-31/h21-23H,10-20H2,1-9H3/t22-,23+,31+/m0/s1. The summed E-state index contributed by atoms with van der Waals surface area (Å²) in [6, 6.07) is 0. The summed E-state index contributed by atoms with van der Waals surface area (Å²) in [5, 5.41) is 0. The van der Waals surface area contributed by atoms with Crippen molar-refractivity contribution in [2.24, 2.45) is 17.8 Å². The quantitative estimate of drug-likeness (QED) is 0.212. The maximum absolute atomic E-state index is 11.6. The molecule has 3 atom stereocenters. The van der Waals surface area contributed by atoms with E-state index in [9.17, 15) is 4.79 Å². The lowest BCUT2D eigenvalue weighted by Crippen LogP contribution is -2.37. The van der Waals surface area contributed by atoms with Crippen LogP contribution in [0.2, 0.25) is 0 Å². The highest BCUT2D eigenvalue weighted by molar-refractivity contribution is 5.72. The second kappa shape index (κ2) is 13.0. The van der Waals surface area contributed by atoms with Crippen LogP contribution in [0, 0.1) is 38.5 Å². The first kappa shape index (κ1) is 28.7. The molecule has 1 heterocycles. The first-order valence-corrected chi connectivity index (χ1v) is 13.9. The van der Waals surface area contributed by atoms with Gasteiger partial charge in [-0.05, 0) is 87.8 Å². The van der Waals surface area contributed by atoms with Crippen LogP contribution in [0.5, 0.6) is 11.5 Å². The molecule has 0 unspecified atom stereocenters. The smallest absolute Gasteiger partial charge is 0.308 e. The molecule has 2 rings (SSSR count). The van der Waals surface area contributed by atoms with E-state index in [-0.39, 0.29) is 11.6 Å². The predicted molar refractivity (Wildman–Crippen MR) is 144 cm³/mol. The van der Waals surface area contributed by atoms with Crippen LogP contribution >= 0.6 is 0 Å². The Balaban J connectivity index is 1.82. The Morgan fingerprint density at radius 3 is 2.00 bits per heavy atom. The van der Waals surface area contributed by atoms with Crippen LogP contribution in [0.25, 0.3) is 0 Å². The van der Waals surface area contributed by atoms with Gasteiger partial charge in [-0.3, -0.25) is 4.79 Å². The summed E-state index contributed by atoms with van der Waals surface area (Å²) in [4.78, 5) is 11.6. The van der Waals surface area contributed by atoms with Crippen LogP contribution in [0.1, 0.15) is 128 Å². The van der Waals surface area contributed by atoms with E-state index >= 15 is 0 Å². The van der Waals surface area contributed by atoms with Gasteiger partial charge in [0.2, 0.25) is 0 Å². The summed E-state index contributed by atoms with van der Waals surface area (Å²) < 4.78 is 12.2. The number of benzene rings is 1. The van der Waals surface area contributed by atoms with E-state index in [0.717, 1.165) is 65.2 Å². The zero-order valence-electron chi connectivity index (χ0n) is 23.7. The van der Waals surface area contributed by atoms with Gasteiger partial charge in [0.05, 0.1) is 0 Å². The van der Waals surface area contributed by atoms with E-state index in [1.54, 1.807) is 0 Å². The minimum absolute atomic E-state index is 0.107. The Hall–Kier alpha value is -1.51. The van der Waals surface area contributed by atoms with Crippen LogP contribution in [0.3, 0.4) is 0 Å². The van der Waals surface area contributed by atoms with Crippen molar-refractivity contribution in [3.05, 3.63) is 22.3 Å². The topological polar surface area (TPSA) is 35.5 Å². The van der Waals surface area contributed by atoms with Gasteiger partial charge < -0.3 is 9.47 Å². The summed E-state index contributed by atoms with van der Waals surface area (Å²) in [5.41, 5.74) is 4.29. The van der Waals surface area contributed by atoms with Crippen molar-refractivity contribution >= 4 is 5.97 Å². The third-order valence-electron chi connectivity index (χ3n) is 8.08. The first-order chi connectivity index (χ1) is 15.9. The molecule has 1 aromatic rings. The molecular weight excluding hydrogens is 420 g/mol. The molecule has 34 heavy (non-hydrogen) atoms. The minimum atomic E-state index is -0.262. The van der Waals surface area contributed by atoms with Crippen LogP contribution in [0.15, 0.2) is 0 Å². The molecule has 1 aliphatic rings. The molecule has 0 aromatic heterocycles. The number of hydrogen-bond acceptors (Lipinski definition) is 3. The van der Waals surface area contributed by atoms with Crippen molar-refractivity contribution in [2.75, 3.05) is 0 Å². The Bertz CT molecular complexity index is 810. The number of carbonyl (C=O) groups excluding carboxylic acids is 1. The lowest BCUT2D eigenvalue weighted by Gasteiger charge is -2.38. The molecule has 0 bridgehead atoms. The number of hydrogen-bond donors (Lipinski definition) is 0. The normalized spacial score (nSPS) is 19.5. The Labute approximate surface area is 210 Å². The second-order valence-electron chi connectivity index (χ2n) is 12.0. The molecule has 0 spiro atoms. The van der Waals surface area contributed by atoms with E-state index in [1.807, 2.05) is 6.92 Å². The SMILES string of the molecule is CC(=O)Oc1c(C)c(C)c2c(c1C)CC[C@@](C)(CCC[C@H](C)CCC[C@@H](C)CCCC(C)C)O2. The average molecular weight is 473 g/mol. The van der Waals surface area contributed by atoms with Crippen molar-refractivity contribution in [2.45, 2.75) is 139 Å². The largest absolute Gasteiger partial charge is 0.487 e. The van der Waals surface area contributed by atoms with E-state index < -0.39 is 0 Å². The van der Waals surface area contributed by atoms with Crippen LogP contribution in [-0.2, 0) is 11.2 Å². The molecule has 3 heteroatoms. The van der Waals surface area contributed by atoms with Crippen LogP contribution < -0.4 is 9.47 Å². The Morgan fingerprint density at radius 1 is 0.882 bits per heavy atom. The summed E-state index contributed by atoms with van der Waals surface area (Å²) >= 11 is 0. The number of rotatable bonds is 13. The van der Waals surface area contributed by atoms with Crippen LogP contribution in [-0.4, -0.2) is 11.6 Å². The molecule has 0 fully saturated rings. The monoisotopic (exact) mass is 472 g/mol. The molecule has 0 amide bonds. The number of ether oxygens (including phenoxy) is 2. The summed E-state index contributed by atoms with van der Waals surface area (Å²) in [6.07, 6.45) is 13.9. The van der Waals surface area contributed by atoms with Crippen molar-refractivity contribution in [3.63, 3.8) is 0 Å². The van der Waals surface area contributed by atoms with Gasteiger partial charge in [-0.2, -0.15) is 0 Å². The zero-order valence-corrected chi connectivity index (χ0v) is 23.7. The fourth-order valence-corrected chi connectivity index (χ4v) is 5.56. The summed E-state index contributed by atoms with van der Waals surface area (Å²) in [7, 11) is 0. The number of carbonyl (C=O) groups is 1. The first-order valence-electron chi connectivity index (χ1n) is 13.9. The van der Waals surface area contributed by atoms with Gasteiger partial charge in [-0.1, -0.05) is 72.6 Å². The maximum Gasteiger partial charge on any atom is 0.308 e. The van der Waals surface area contributed by atoms with Gasteiger partial charge in [0.15, 0.2) is 0 Å². The molecule has 0 aliphatic carbocycles. The molecule has 0 saturated heterocycles. The zero-order chi connectivity index (χ0) is 25.5. The van der Waals surface area contributed by atoms with Gasteiger partial charge >= 0.3 is 5.97 Å². The molecule has 3 nitrogen and oxygen atoms in total. The highest BCUT2D eigenvalue weighted by Gasteiger charge is 2.34. The molecular formula is C31H52O3. The maximum atomic E-state index is 11.6. The Kier molecular flexibility index (Phi) is 11.0. The van der Waals surface area contributed by atoms with Crippen molar-refractivity contribution < 1.29 is 14.3 Å². The lowest BCUT2D eigenvalue weighted by atomic mass is 9.83.